The maximum Gasteiger partial charge on any atom is 0.167 e. The van der Waals surface area contributed by atoms with E-state index < -0.39 is 0 Å². The zero-order chi connectivity index (χ0) is 29.1. The molecule has 0 N–H and O–H groups in total. The van der Waals surface area contributed by atoms with Gasteiger partial charge in [-0.25, -0.2) is 4.98 Å². The Balaban J connectivity index is 1.26. The number of unbranched alkanes of at least 4 members (excludes halogenated alkanes) is 2. The molecule has 0 amide bonds. The zero-order valence-electron chi connectivity index (χ0n) is 24.3. The molecular formula is C36H37N3O3. The predicted octanol–water partition coefficient (Wildman–Crippen LogP) is 8.67. The van der Waals surface area contributed by atoms with Gasteiger partial charge in [0, 0.05) is 48.2 Å². The molecule has 3 aromatic carbocycles. The quantitative estimate of drug-likeness (QED) is 0.101. The first kappa shape index (κ1) is 28.8. The van der Waals surface area contributed by atoms with Gasteiger partial charge in [0.05, 0.1) is 12.3 Å². The molecule has 6 nitrogen and oxygen atoms in total. The number of imidazole rings is 1. The fourth-order valence-electron chi connectivity index (χ4n) is 4.66. The van der Waals surface area contributed by atoms with Crippen LogP contribution in [0.25, 0.3) is 16.9 Å². The second kappa shape index (κ2) is 14.3. The Morgan fingerprint density at radius 3 is 2.07 bits per heavy atom. The van der Waals surface area contributed by atoms with Crippen LogP contribution < -0.4 is 9.47 Å². The predicted molar refractivity (Wildman–Crippen MR) is 167 cm³/mol. The molecule has 0 radical (unpaired) electrons. The first-order chi connectivity index (χ1) is 20.6. The number of carbonyl (C=O) groups is 1. The van der Waals surface area contributed by atoms with Crippen LogP contribution in [0.3, 0.4) is 0 Å². The summed E-state index contributed by atoms with van der Waals surface area (Å²) in [5.74, 6) is 3.46. The van der Waals surface area contributed by atoms with E-state index in [1.165, 1.54) is 0 Å². The van der Waals surface area contributed by atoms with Gasteiger partial charge < -0.3 is 14.0 Å². The van der Waals surface area contributed by atoms with E-state index in [0.29, 0.717) is 12.0 Å². The maximum absolute atomic E-state index is 12.5. The second-order valence-corrected chi connectivity index (χ2v) is 10.3. The minimum atomic E-state index is 0.0658. The van der Waals surface area contributed by atoms with Gasteiger partial charge in [-0.3, -0.25) is 9.78 Å². The van der Waals surface area contributed by atoms with Crippen LogP contribution >= 0.6 is 0 Å². The smallest absolute Gasteiger partial charge is 0.167 e. The zero-order valence-corrected chi connectivity index (χ0v) is 24.3. The molecule has 0 aliphatic carbocycles. The van der Waals surface area contributed by atoms with Gasteiger partial charge in [0.25, 0.3) is 0 Å². The highest BCUT2D eigenvalue weighted by Gasteiger charge is 2.12. The fourth-order valence-corrected chi connectivity index (χ4v) is 4.66. The van der Waals surface area contributed by atoms with Crippen molar-refractivity contribution in [3.8, 4) is 34.2 Å². The summed E-state index contributed by atoms with van der Waals surface area (Å²) in [6.07, 6.45) is 11.0. The molecule has 0 aliphatic rings. The number of pyridine rings is 1. The van der Waals surface area contributed by atoms with E-state index in [2.05, 4.69) is 53.9 Å². The summed E-state index contributed by atoms with van der Waals surface area (Å²) in [5.41, 5.74) is 4.66. The van der Waals surface area contributed by atoms with Crippen molar-refractivity contribution in [3.05, 3.63) is 120 Å². The number of Topliss-reactive ketones (excluding diaryl/α,β-unsaturated/α-hetero) is 1. The number of hydrogen-bond acceptors (Lipinski definition) is 5. The van der Waals surface area contributed by atoms with Crippen LogP contribution in [-0.4, -0.2) is 26.9 Å². The molecule has 0 unspecified atom stereocenters. The van der Waals surface area contributed by atoms with Crippen LogP contribution in [-0.2, 0) is 12.8 Å². The summed E-state index contributed by atoms with van der Waals surface area (Å²) in [6.45, 7) is 5.10. The van der Waals surface area contributed by atoms with Gasteiger partial charge in [-0.1, -0.05) is 38.8 Å². The number of ketones is 1. The standard InChI is InChI=1S/C36H37N3O3/c1-3-5-7-36-38-34(28-10-16-31(17-11-28)41-24-6-4-2)26-39(36)30-12-18-33(19-13-30)42-32-14-8-27(9-15-32)25-35(40)29-20-22-37-23-21-29/h8-23,26H,3-7,24-25H2,1-2H3. The van der Waals surface area contributed by atoms with Crippen molar-refractivity contribution in [1.29, 1.82) is 0 Å². The number of ether oxygens (including phenoxy) is 2. The van der Waals surface area contributed by atoms with Gasteiger partial charge >= 0.3 is 0 Å². The van der Waals surface area contributed by atoms with E-state index in [1.807, 2.05) is 48.5 Å². The van der Waals surface area contributed by atoms with Crippen molar-refractivity contribution < 1.29 is 14.3 Å². The van der Waals surface area contributed by atoms with Crippen LogP contribution in [0.15, 0.2) is 104 Å². The molecule has 0 saturated heterocycles. The average Bonchev–Trinajstić information content (AvgIpc) is 3.46. The summed E-state index contributed by atoms with van der Waals surface area (Å²) < 4.78 is 14.1. The van der Waals surface area contributed by atoms with Crippen LogP contribution in [0.1, 0.15) is 61.3 Å². The minimum absolute atomic E-state index is 0.0658. The molecule has 5 aromatic rings. The third-order valence-corrected chi connectivity index (χ3v) is 7.09. The number of aromatic nitrogens is 3. The lowest BCUT2D eigenvalue weighted by Gasteiger charge is -2.10. The van der Waals surface area contributed by atoms with Gasteiger partial charge in [0.2, 0.25) is 0 Å². The topological polar surface area (TPSA) is 66.2 Å². The molecule has 0 fully saturated rings. The molecule has 2 aromatic heterocycles. The summed E-state index contributed by atoms with van der Waals surface area (Å²) in [4.78, 5) is 21.5. The Labute approximate surface area is 248 Å². The molecular weight excluding hydrogens is 522 g/mol. The Kier molecular flexibility index (Phi) is 9.78. The third kappa shape index (κ3) is 7.52. The number of aryl methyl sites for hydroxylation is 1. The van der Waals surface area contributed by atoms with Gasteiger partial charge in [0.1, 0.15) is 23.1 Å². The lowest BCUT2D eigenvalue weighted by Crippen LogP contribution is -2.03. The molecule has 6 heteroatoms. The van der Waals surface area contributed by atoms with Crippen LogP contribution in [0, 0.1) is 0 Å². The molecule has 42 heavy (non-hydrogen) atoms. The van der Waals surface area contributed by atoms with Crippen molar-refractivity contribution in [2.24, 2.45) is 0 Å². The second-order valence-electron chi connectivity index (χ2n) is 10.3. The highest BCUT2D eigenvalue weighted by molar-refractivity contribution is 5.97. The number of nitrogens with zero attached hydrogens (tertiary/aromatic N) is 3. The normalized spacial score (nSPS) is 10.9. The fraction of sp³-hybridized carbons (Fsp3) is 0.250. The van der Waals surface area contributed by atoms with Gasteiger partial charge in [-0.15, -0.1) is 0 Å². The maximum atomic E-state index is 12.5. The van der Waals surface area contributed by atoms with Gasteiger partial charge in [0.15, 0.2) is 5.78 Å². The van der Waals surface area contributed by atoms with Crippen LogP contribution in [0.2, 0.25) is 0 Å². The SMILES string of the molecule is CCCCOc1ccc(-c2cn(-c3ccc(Oc4ccc(CC(=O)c5ccncc5)cc4)cc3)c(CCCC)n2)cc1. The van der Waals surface area contributed by atoms with E-state index in [4.69, 9.17) is 14.5 Å². The van der Waals surface area contributed by atoms with E-state index in [0.717, 1.165) is 84.3 Å². The van der Waals surface area contributed by atoms with E-state index >= 15 is 0 Å². The van der Waals surface area contributed by atoms with Gasteiger partial charge in [-0.2, -0.15) is 0 Å². The Morgan fingerprint density at radius 2 is 1.40 bits per heavy atom. The Bertz CT molecular complexity index is 1560. The van der Waals surface area contributed by atoms with E-state index in [9.17, 15) is 4.79 Å². The largest absolute Gasteiger partial charge is 0.494 e. The van der Waals surface area contributed by atoms with E-state index in [1.54, 1.807) is 24.5 Å². The molecule has 214 valence electrons. The van der Waals surface area contributed by atoms with Gasteiger partial charge in [-0.05, 0) is 91.2 Å². The van der Waals surface area contributed by atoms with Crippen molar-refractivity contribution >= 4 is 5.78 Å². The molecule has 0 bridgehead atoms. The molecule has 0 atom stereocenters. The number of rotatable bonds is 14. The van der Waals surface area contributed by atoms with Crippen LogP contribution in [0.5, 0.6) is 17.2 Å². The number of hydrogen-bond donors (Lipinski definition) is 0. The summed E-state index contributed by atoms with van der Waals surface area (Å²) in [7, 11) is 0. The highest BCUT2D eigenvalue weighted by atomic mass is 16.5. The monoisotopic (exact) mass is 559 g/mol. The van der Waals surface area contributed by atoms with Crippen molar-refractivity contribution in [3.63, 3.8) is 0 Å². The molecule has 0 spiro atoms. The van der Waals surface area contributed by atoms with E-state index in [-0.39, 0.29) is 5.78 Å². The summed E-state index contributed by atoms with van der Waals surface area (Å²) >= 11 is 0. The van der Waals surface area contributed by atoms with Crippen molar-refractivity contribution in [2.45, 2.75) is 52.4 Å². The molecule has 2 heterocycles. The summed E-state index contributed by atoms with van der Waals surface area (Å²) in [6, 6.07) is 27.4. The first-order valence-corrected chi connectivity index (χ1v) is 14.7. The lowest BCUT2D eigenvalue weighted by atomic mass is 10.0. The number of benzene rings is 3. The molecule has 5 rings (SSSR count). The molecule has 0 saturated carbocycles. The van der Waals surface area contributed by atoms with Crippen molar-refractivity contribution in [2.75, 3.05) is 6.61 Å². The highest BCUT2D eigenvalue weighted by Crippen LogP contribution is 2.27. The van der Waals surface area contributed by atoms with Crippen LogP contribution in [0.4, 0.5) is 0 Å². The van der Waals surface area contributed by atoms with Crippen molar-refractivity contribution in [1.82, 2.24) is 14.5 Å². The third-order valence-electron chi connectivity index (χ3n) is 7.09. The average molecular weight is 560 g/mol. The first-order valence-electron chi connectivity index (χ1n) is 14.7. The Hall–Kier alpha value is -4.71. The Morgan fingerprint density at radius 1 is 0.762 bits per heavy atom. The molecule has 0 aliphatic heterocycles. The minimum Gasteiger partial charge on any atom is -0.494 e. The summed E-state index contributed by atoms with van der Waals surface area (Å²) in [5, 5.41) is 0. The number of carbonyl (C=O) groups excluding carboxylic acids is 1. The lowest BCUT2D eigenvalue weighted by molar-refractivity contribution is 0.0993.